The Hall–Kier alpha value is -2.51. The van der Waals surface area contributed by atoms with Crippen LogP contribution in [-0.4, -0.2) is 24.7 Å². The van der Waals surface area contributed by atoms with Crippen LogP contribution in [0.15, 0.2) is 46.0 Å². The van der Waals surface area contributed by atoms with E-state index in [-0.39, 0.29) is 17.2 Å². The maximum atomic E-state index is 13.3. The van der Waals surface area contributed by atoms with E-state index in [0.29, 0.717) is 10.6 Å². The number of sulfonamides is 1. The largest absolute Gasteiger partial charge is 0.315 e. The van der Waals surface area contributed by atoms with E-state index in [2.05, 4.69) is 11.4 Å². The zero-order valence-electron chi connectivity index (χ0n) is 16.4. The zero-order valence-corrected chi connectivity index (χ0v) is 18.8. The standard InChI is InChI=1S/C21H19N3O3S3/c1-13-14(2)29-21(17(13)11-22)23-20(25)18-10-15-6-3-4-7-16(15)12-24(18)30(26,27)19-8-5-9-28-19/h3-9,18H,10,12H2,1-2H3,(H,23,25). The Balaban J connectivity index is 1.73. The summed E-state index contributed by atoms with van der Waals surface area (Å²) in [6.45, 7) is 3.85. The summed E-state index contributed by atoms with van der Waals surface area (Å²) in [5, 5.41) is 14.5. The van der Waals surface area contributed by atoms with Crippen LogP contribution in [0.25, 0.3) is 0 Å². The molecular weight excluding hydrogens is 438 g/mol. The number of nitrogens with one attached hydrogen (secondary N) is 1. The van der Waals surface area contributed by atoms with Gasteiger partial charge in [0.05, 0.1) is 5.56 Å². The molecule has 4 rings (SSSR count). The predicted octanol–water partition coefficient (Wildman–Crippen LogP) is 4.05. The van der Waals surface area contributed by atoms with Gasteiger partial charge in [0.25, 0.3) is 10.0 Å². The fraction of sp³-hybridized carbons (Fsp3) is 0.238. The Morgan fingerprint density at radius 1 is 1.20 bits per heavy atom. The summed E-state index contributed by atoms with van der Waals surface area (Å²) in [6, 6.07) is 12.0. The Morgan fingerprint density at radius 3 is 2.60 bits per heavy atom. The number of hydrogen-bond donors (Lipinski definition) is 1. The van der Waals surface area contributed by atoms with Crippen LogP contribution < -0.4 is 5.32 Å². The number of nitriles is 1. The molecule has 1 aliphatic rings. The number of anilines is 1. The molecule has 0 bridgehead atoms. The number of benzene rings is 1. The molecule has 1 amide bonds. The van der Waals surface area contributed by atoms with Gasteiger partial charge in [-0.05, 0) is 48.4 Å². The molecule has 1 N–H and O–H groups in total. The average Bonchev–Trinajstić information content (AvgIpc) is 3.36. The number of rotatable bonds is 4. The molecule has 0 saturated carbocycles. The van der Waals surface area contributed by atoms with Crippen molar-refractivity contribution in [2.75, 3.05) is 5.32 Å². The van der Waals surface area contributed by atoms with Gasteiger partial charge in [0.2, 0.25) is 5.91 Å². The van der Waals surface area contributed by atoms with E-state index in [9.17, 15) is 18.5 Å². The van der Waals surface area contributed by atoms with Crippen LogP contribution in [-0.2, 0) is 27.8 Å². The van der Waals surface area contributed by atoms with Crippen LogP contribution >= 0.6 is 22.7 Å². The normalized spacial score (nSPS) is 16.6. The number of fused-ring (bicyclic) bond motifs is 1. The summed E-state index contributed by atoms with van der Waals surface area (Å²) < 4.78 is 28.1. The second-order valence-electron chi connectivity index (χ2n) is 7.06. The highest BCUT2D eigenvalue weighted by atomic mass is 32.2. The molecule has 3 heterocycles. The lowest BCUT2D eigenvalue weighted by Gasteiger charge is -2.34. The van der Waals surface area contributed by atoms with Gasteiger partial charge in [0, 0.05) is 11.4 Å². The van der Waals surface area contributed by atoms with E-state index in [4.69, 9.17) is 0 Å². The zero-order chi connectivity index (χ0) is 21.5. The molecule has 1 unspecified atom stereocenters. The summed E-state index contributed by atoms with van der Waals surface area (Å²) in [4.78, 5) is 14.2. The van der Waals surface area contributed by atoms with E-state index in [1.54, 1.807) is 17.5 Å². The maximum absolute atomic E-state index is 13.3. The number of amides is 1. The van der Waals surface area contributed by atoms with Gasteiger partial charge in [-0.2, -0.15) is 9.57 Å². The second-order valence-corrected chi connectivity index (χ2v) is 11.3. The van der Waals surface area contributed by atoms with Gasteiger partial charge in [-0.3, -0.25) is 4.79 Å². The molecule has 2 aromatic heterocycles. The first-order valence-corrected chi connectivity index (χ1v) is 12.4. The van der Waals surface area contributed by atoms with Gasteiger partial charge in [0.1, 0.15) is 21.3 Å². The smallest absolute Gasteiger partial charge is 0.253 e. The summed E-state index contributed by atoms with van der Waals surface area (Å²) in [5.41, 5.74) is 3.10. The molecule has 0 spiro atoms. The molecule has 154 valence electrons. The van der Waals surface area contributed by atoms with Gasteiger partial charge < -0.3 is 5.32 Å². The fourth-order valence-corrected chi connectivity index (χ4v) is 7.24. The summed E-state index contributed by atoms with van der Waals surface area (Å²) in [7, 11) is -3.84. The lowest BCUT2D eigenvalue weighted by Crippen LogP contribution is -2.50. The number of hydrogen-bond acceptors (Lipinski definition) is 6. The Morgan fingerprint density at radius 2 is 1.93 bits per heavy atom. The molecule has 6 nitrogen and oxygen atoms in total. The van der Waals surface area contributed by atoms with Crippen molar-refractivity contribution in [3.05, 3.63) is 68.9 Å². The topological polar surface area (TPSA) is 90.3 Å². The first-order valence-electron chi connectivity index (χ1n) is 9.26. The molecule has 30 heavy (non-hydrogen) atoms. The molecule has 0 aliphatic carbocycles. The molecule has 1 aromatic carbocycles. The van der Waals surface area contributed by atoms with Crippen molar-refractivity contribution in [1.82, 2.24) is 4.31 Å². The van der Waals surface area contributed by atoms with Crippen molar-refractivity contribution in [3.8, 4) is 6.07 Å². The first-order chi connectivity index (χ1) is 14.3. The van der Waals surface area contributed by atoms with E-state index < -0.39 is 22.0 Å². The number of aryl methyl sites for hydroxylation is 1. The summed E-state index contributed by atoms with van der Waals surface area (Å²) in [6.07, 6.45) is 0.276. The van der Waals surface area contributed by atoms with Crippen molar-refractivity contribution in [2.24, 2.45) is 0 Å². The highest BCUT2D eigenvalue weighted by molar-refractivity contribution is 7.91. The van der Waals surface area contributed by atoms with E-state index >= 15 is 0 Å². The van der Waals surface area contributed by atoms with Crippen LogP contribution in [0.2, 0.25) is 0 Å². The number of carbonyl (C=O) groups excluding carboxylic acids is 1. The molecule has 1 atom stereocenters. The van der Waals surface area contributed by atoms with Crippen LogP contribution in [0.3, 0.4) is 0 Å². The van der Waals surface area contributed by atoms with Crippen LogP contribution in [0.5, 0.6) is 0 Å². The highest BCUT2D eigenvalue weighted by Gasteiger charge is 2.40. The lowest BCUT2D eigenvalue weighted by atomic mass is 9.95. The van der Waals surface area contributed by atoms with Gasteiger partial charge >= 0.3 is 0 Å². The van der Waals surface area contributed by atoms with Crippen LogP contribution in [0.4, 0.5) is 5.00 Å². The van der Waals surface area contributed by atoms with Gasteiger partial charge in [-0.1, -0.05) is 30.3 Å². The van der Waals surface area contributed by atoms with Gasteiger partial charge in [-0.15, -0.1) is 22.7 Å². The highest BCUT2D eigenvalue weighted by Crippen LogP contribution is 2.34. The quantitative estimate of drug-likeness (QED) is 0.640. The SMILES string of the molecule is Cc1sc(NC(=O)C2Cc3ccccc3CN2S(=O)(=O)c2cccs2)c(C#N)c1C. The number of thiophene rings is 2. The second kappa shape index (κ2) is 7.96. The van der Waals surface area contributed by atoms with E-state index in [1.807, 2.05) is 38.1 Å². The van der Waals surface area contributed by atoms with Crippen molar-refractivity contribution in [3.63, 3.8) is 0 Å². The minimum absolute atomic E-state index is 0.127. The molecule has 0 fully saturated rings. The van der Waals surface area contributed by atoms with Crippen LogP contribution in [0.1, 0.15) is 27.1 Å². The monoisotopic (exact) mass is 457 g/mol. The molecular formula is C21H19N3O3S3. The third-order valence-electron chi connectivity index (χ3n) is 5.30. The molecule has 0 radical (unpaired) electrons. The Kier molecular flexibility index (Phi) is 5.51. The molecule has 0 saturated heterocycles. The van der Waals surface area contributed by atoms with Crippen LogP contribution in [0, 0.1) is 25.2 Å². The minimum atomic E-state index is -3.84. The predicted molar refractivity (Wildman–Crippen MR) is 118 cm³/mol. The molecule has 3 aromatic rings. The molecule has 9 heteroatoms. The van der Waals surface area contributed by atoms with Crippen molar-refractivity contribution in [2.45, 2.75) is 37.1 Å². The number of carbonyl (C=O) groups is 1. The number of nitrogens with zero attached hydrogens (tertiary/aromatic N) is 2. The Labute approximate surface area is 183 Å². The van der Waals surface area contributed by atoms with Gasteiger partial charge in [0.15, 0.2) is 0 Å². The maximum Gasteiger partial charge on any atom is 0.253 e. The van der Waals surface area contributed by atoms with Crippen molar-refractivity contribution >= 4 is 43.6 Å². The molecule has 1 aliphatic heterocycles. The van der Waals surface area contributed by atoms with E-state index in [0.717, 1.165) is 32.9 Å². The van der Waals surface area contributed by atoms with E-state index in [1.165, 1.54) is 15.6 Å². The van der Waals surface area contributed by atoms with Crippen molar-refractivity contribution in [1.29, 1.82) is 5.26 Å². The summed E-state index contributed by atoms with van der Waals surface area (Å²) in [5.74, 6) is -0.428. The third kappa shape index (κ3) is 3.56. The fourth-order valence-electron chi connectivity index (χ4n) is 3.55. The third-order valence-corrected chi connectivity index (χ3v) is 9.65. The summed E-state index contributed by atoms with van der Waals surface area (Å²) >= 11 is 2.46. The Bertz CT molecular complexity index is 1250. The van der Waals surface area contributed by atoms with Crippen molar-refractivity contribution < 1.29 is 13.2 Å². The lowest BCUT2D eigenvalue weighted by molar-refractivity contribution is -0.120. The van der Waals surface area contributed by atoms with Gasteiger partial charge in [-0.25, -0.2) is 8.42 Å². The minimum Gasteiger partial charge on any atom is -0.315 e. The average molecular weight is 458 g/mol. The first kappa shape index (κ1) is 20.8.